The van der Waals surface area contributed by atoms with E-state index in [-0.39, 0.29) is 18.3 Å². The summed E-state index contributed by atoms with van der Waals surface area (Å²) in [6.45, 7) is 2.18. The number of aliphatic hydroxyl groups excluding tert-OH is 1. The van der Waals surface area contributed by atoms with E-state index in [1.165, 1.54) is 0 Å². The molecule has 1 saturated carbocycles. The fourth-order valence-electron chi connectivity index (χ4n) is 1.88. The summed E-state index contributed by atoms with van der Waals surface area (Å²) in [5.74, 6) is 0.584. The Morgan fingerprint density at radius 3 is 2.53 bits per heavy atom. The molecule has 1 unspecified atom stereocenters. The fourth-order valence-corrected chi connectivity index (χ4v) is 3.49. The molecule has 0 bridgehead atoms. The Labute approximate surface area is 92.1 Å². The molecule has 4 nitrogen and oxygen atoms in total. The molecule has 0 amide bonds. The largest absolute Gasteiger partial charge is 0.396 e. The third kappa shape index (κ3) is 4.95. The molecule has 0 heterocycles. The Morgan fingerprint density at radius 2 is 2.00 bits per heavy atom. The van der Waals surface area contributed by atoms with Gasteiger partial charge in [0.2, 0.25) is 10.0 Å². The van der Waals surface area contributed by atoms with Crippen molar-refractivity contribution in [3.8, 4) is 0 Å². The second-order valence-corrected chi connectivity index (χ2v) is 6.42. The molecule has 1 rings (SSSR count). The van der Waals surface area contributed by atoms with Gasteiger partial charge in [0.05, 0.1) is 5.75 Å². The van der Waals surface area contributed by atoms with Crippen molar-refractivity contribution >= 4 is 10.0 Å². The summed E-state index contributed by atoms with van der Waals surface area (Å²) in [7, 11) is -3.13. The van der Waals surface area contributed by atoms with Crippen molar-refractivity contribution in [1.29, 1.82) is 0 Å². The van der Waals surface area contributed by atoms with Crippen LogP contribution in [0.4, 0.5) is 0 Å². The summed E-state index contributed by atoms with van der Waals surface area (Å²) in [5.41, 5.74) is 0. The minimum atomic E-state index is -3.13. The molecule has 1 atom stereocenters. The molecule has 5 heteroatoms. The van der Waals surface area contributed by atoms with Crippen LogP contribution in [0.15, 0.2) is 0 Å². The molecular weight excluding hydrogens is 214 g/mol. The zero-order chi connectivity index (χ0) is 11.3. The van der Waals surface area contributed by atoms with Crippen LogP contribution in [0, 0.1) is 11.8 Å². The van der Waals surface area contributed by atoms with Crippen molar-refractivity contribution in [3.05, 3.63) is 0 Å². The lowest BCUT2D eigenvalue weighted by Gasteiger charge is -2.13. The average Bonchev–Trinajstić information content (AvgIpc) is 2.66. The van der Waals surface area contributed by atoms with Crippen LogP contribution in [0.5, 0.6) is 0 Å². The van der Waals surface area contributed by atoms with Gasteiger partial charge in [-0.1, -0.05) is 19.8 Å². The van der Waals surface area contributed by atoms with Gasteiger partial charge >= 0.3 is 0 Å². The zero-order valence-corrected chi connectivity index (χ0v) is 10.1. The summed E-state index contributed by atoms with van der Waals surface area (Å²) in [5, 5.41) is 8.78. The molecule has 0 aromatic carbocycles. The Hall–Kier alpha value is -0.130. The molecule has 0 spiro atoms. The van der Waals surface area contributed by atoms with E-state index in [1.807, 2.05) is 6.92 Å². The third-order valence-corrected chi connectivity index (χ3v) is 4.41. The van der Waals surface area contributed by atoms with E-state index < -0.39 is 10.0 Å². The summed E-state index contributed by atoms with van der Waals surface area (Å²) in [6.07, 6.45) is 4.40. The van der Waals surface area contributed by atoms with Gasteiger partial charge in [-0.05, 0) is 24.7 Å². The second-order valence-electron chi connectivity index (χ2n) is 4.57. The van der Waals surface area contributed by atoms with Gasteiger partial charge in [-0.3, -0.25) is 0 Å². The van der Waals surface area contributed by atoms with Crippen LogP contribution in [-0.4, -0.2) is 32.4 Å². The van der Waals surface area contributed by atoms with Gasteiger partial charge in [-0.2, -0.15) is 0 Å². The van der Waals surface area contributed by atoms with Crippen molar-refractivity contribution in [2.24, 2.45) is 11.8 Å². The molecule has 2 N–H and O–H groups in total. The molecular formula is C10H21NO3S. The molecule has 0 saturated heterocycles. The van der Waals surface area contributed by atoms with Crippen LogP contribution in [-0.2, 0) is 10.0 Å². The molecule has 0 aliphatic heterocycles. The first-order valence-corrected chi connectivity index (χ1v) is 7.27. The smallest absolute Gasteiger partial charge is 0.211 e. The van der Waals surface area contributed by atoms with E-state index in [0.717, 1.165) is 25.7 Å². The maximum absolute atomic E-state index is 11.6. The molecule has 15 heavy (non-hydrogen) atoms. The number of aliphatic hydroxyl groups is 1. The highest BCUT2D eigenvalue weighted by atomic mass is 32.2. The Balaban J connectivity index is 2.31. The van der Waals surface area contributed by atoms with Gasteiger partial charge in [-0.25, -0.2) is 13.1 Å². The quantitative estimate of drug-likeness (QED) is 0.713. The maximum Gasteiger partial charge on any atom is 0.211 e. The van der Waals surface area contributed by atoms with Crippen LogP contribution in [0.3, 0.4) is 0 Å². The van der Waals surface area contributed by atoms with E-state index in [9.17, 15) is 8.42 Å². The standard InChI is InChI=1S/C10H21NO3S/c1-9(7-12)6-11-15(13,14)8-10-4-2-3-5-10/h9-12H,2-8H2,1H3. The highest BCUT2D eigenvalue weighted by Crippen LogP contribution is 2.25. The van der Waals surface area contributed by atoms with E-state index in [4.69, 9.17) is 5.11 Å². The third-order valence-electron chi connectivity index (χ3n) is 2.89. The molecule has 1 aliphatic carbocycles. The first-order valence-electron chi connectivity index (χ1n) is 5.61. The number of hydrogen-bond acceptors (Lipinski definition) is 3. The Kier molecular flexibility index (Phi) is 5.02. The van der Waals surface area contributed by atoms with E-state index in [1.54, 1.807) is 0 Å². The average molecular weight is 235 g/mol. The number of nitrogens with one attached hydrogen (secondary N) is 1. The summed E-state index contributed by atoms with van der Waals surface area (Å²) < 4.78 is 25.8. The minimum absolute atomic E-state index is 0.0108. The lowest BCUT2D eigenvalue weighted by molar-refractivity contribution is 0.238. The fraction of sp³-hybridized carbons (Fsp3) is 1.00. The van der Waals surface area contributed by atoms with Crippen LogP contribution in [0.25, 0.3) is 0 Å². The van der Waals surface area contributed by atoms with Gasteiger partial charge in [0.15, 0.2) is 0 Å². The SMILES string of the molecule is CC(CO)CNS(=O)(=O)CC1CCCC1. The van der Waals surface area contributed by atoms with Crippen molar-refractivity contribution in [2.75, 3.05) is 18.9 Å². The number of sulfonamides is 1. The Bertz CT molecular complexity index is 270. The molecule has 1 aliphatic rings. The van der Waals surface area contributed by atoms with E-state index in [0.29, 0.717) is 12.5 Å². The minimum Gasteiger partial charge on any atom is -0.396 e. The predicted octanol–water partition coefficient (Wildman–Crippen LogP) is 0.724. The van der Waals surface area contributed by atoms with Gasteiger partial charge in [0.1, 0.15) is 0 Å². The van der Waals surface area contributed by atoms with Crippen LogP contribution < -0.4 is 4.72 Å². The molecule has 0 aromatic rings. The van der Waals surface area contributed by atoms with Crippen LogP contribution in [0.2, 0.25) is 0 Å². The summed E-state index contributed by atoms with van der Waals surface area (Å²) >= 11 is 0. The highest BCUT2D eigenvalue weighted by Gasteiger charge is 2.22. The topological polar surface area (TPSA) is 66.4 Å². The predicted molar refractivity (Wildman–Crippen MR) is 60.0 cm³/mol. The molecule has 90 valence electrons. The van der Waals surface area contributed by atoms with Gasteiger partial charge in [0.25, 0.3) is 0 Å². The second kappa shape index (κ2) is 5.82. The van der Waals surface area contributed by atoms with Crippen molar-refractivity contribution in [1.82, 2.24) is 4.72 Å². The first kappa shape index (κ1) is 12.9. The molecule has 0 aromatic heterocycles. The number of hydrogen-bond donors (Lipinski definition) is 2. The first-order chi connectivity index (χ1) is 7.03. The van der Waals surface area contributed by atoms with Gasteiger partial charge in [-0.15, -0.1) is 0 Å². The summed E-state index contributed by atoms with van der Waals surface area (Å²) in [6, 6.07) is 0. The van der Waals surface area contributed by atoms with Gasteiger partial charge in [0, 0.05) is 13.2 Å². The van der Waals surface area contributed by atoms with Crippen molar-refractivity contribution < 1.29 is 13.5 Å². The summed E-state index contributed by atoms with van der Waals surface area (Å²) in [4.78, 5) is 0. The van der Waals surface area contributed by atoms with Gasteiger partial charge < -0.3 is 5.11 Å². The monoisotopic (exact) mass is 235 g/mol. The lowest BCUT2D eigenvalue weighted by Crippen LogP contribution is -2.33. The number of rotatable bonds is 6. The highest BCUT2D eigenvalue weighted by molar-refractivity contribution is 7.89. The molecule has 0 radical (unpaired) electrons. The van der Waals surface area contributed by atoms with E-state index in [2.05, 4.69) is 4.72 Å². The lowest BCUT2D eigenvalue weighted by atomic mass is 10.1. The maximum atomic E-state index is 11.6. The Morgan fingerprint density at radius 1 is 1.40 bits per heavy atom. The normalized spacial score (nSPS) is 20.7. The van der Waals surface area contributed by atoms with Crippen LogP contribution >= 0.6 is 0 Å². The molecule has 1 fully saturated rings. The van der Waals surface area contributed by atoms with E-state index >= 15 is 0 Å². The van der Waals surface area contributed by atoms with Crippen molar-refractivity contribution in [3.63, 3.8) is 0 Å². The van der Waals surface area contributed by atoms with Crippen molar-refractivity contribution in [2.45, 2.75) is 32.6 Å². The zero-order valence-electron chi connectivity index (χ0n) is 9.28. The van der Waals surface area contributed by atoms with Crippen LogP contribution in [0.1, 0.15) is 32.6 Å².